The van der Waals surface area contributed by atoms with Crippen molar-refractivity contribution in [1.29, 1.82) is 0 Å². The molecule has 0 unspecified atom stereocenters. The van der Waals surface area contributed by atoms with Gasteiger partial charge in [0.25, 0.3) is 11.8 Å². The minimum atomic E-state index is -4.43. The molecule has 1 heterocycles. The number of likely N-dealkylation sites (tertiary alicyclic amines) is 1. The zero-order valence-corrected chi connectivity index (χ0v) is 17.2. The summed E-state index contributed by atoms with van der Waals surface area (Å²) < 4.78 is 43.6. The quantitative estimate of drug-likeness (QED) is 0.746. The summed E-state index contributed by atoms with van der Waals surface area (Å²) in [6.07, 6.45) is -2.47. The van der Waals surface area contributed by atoms with Crippen LogP contribution in [-0.2, 0) is 17.4 Å². The lowest BCUT2D eigenvalue weighted by Gasteiger charge is -2.32. The molecule has 2 aromatic rings. The van der Waals surface area contributed by atoms with Crippen LogP contribution in [0.15, 0.2) is 48.5 Å². The average molecular weight is 434 g/mol. The average Bonchev–Trinajstić information content (AvgIpc) is 2.77. The maximum atomic E-state index is 12.6. The van der Waals surface area contributed by atoms with Crippen molar-refractivity contribution in [2.45, 2.75) is 38.4 Å². The van der Waals surface area contributed by atoms with E-state index >= 15 is 0 Å². The topological polar surface area (TPSA) is 58.6 Å². The fourth-order valence-corrected chi connectivity index (χ4v) is 3.52. The smallest absolute Gasteiger partial charge is 0.416 e. The zero-order chi connectivity index (χ0) is 22.4. The molecule has 5 nitrogen and oxygen atoms in total. The number of ether oxygens (including phenoxy) is 1. The zero-order valence-electron chi connectivity index (χ0n) is 17.2. The van der Waals surface area contributed by atoms with E-state index in [0.717, 1.165) is 24.1 Å². The minimum absolute atomic E-state index is 0.0421. The number of carbonyl (C=O) groups is 2. The Balaban J connectivity index is 1.45. The molecule has 1 fully saturated rings. The van der Waals surface area contributed by atoms with Gasteiger partial charge in [-0.2, -0.15) is 13.2 Å². The van der Waals surface area contributed by atoms with Gasteiger partial charge in [-0.05, 0) is 55.2 Å². The molecule has 31 heavy (non-hydrogen) atoms. The molecular formula is C23H25F3N2O3. The van der Waals surface area contributed by atoms with Gasteiger partial charge in [0.05, 0.1) is 5.56 Å². The summed E-state index contributed by atoms with van der Waals surface area (Å²) in [7, 11) is 0. The monoisotopic (exact) mass is 434 g/mol. The summed E-state index contributed by atoms with van der Waals surface area (Å²) in [6.45, 7) is 2.94. The van der Waals surface area contributed by atoms with Crippen LogP contribution in [0.1, 0.15) is 41.3 Å². The first kappa shape index (κ1) is 22.7. The largest absolute Gasteiger partial charge is 0.483 e. The maximum Gasteiger partial charge on any atom is 0.416 e. The van der Waals surface area contributed by atoms with E-state index in [1.807, 2.05) is 31.2 Å². The number of halogens is 3. The number of hydrogen-bond donors (Lipinski definition) is 1. The molecule has 166 valence electrons. The van der Waals surface area contributed by atoms with Crippen molar-refractivity contribution in [3.8, 4) is 5.75 Å². The highest BCUT2D eigenvalue weighted by Crippen LogP contribution is 2.29. The Hall–Kier alpha value is -3.03. The van der Waals surface area contributed by atoms with Crippen molar-refractivity contribution < 1.29 is 27.5 Å². The van der Waals surface area contributed by atoms with Crippen LogP contribution in [0.5, 0.6) is 5.75 Å². The van der Waals surface area contributed by atoms with Crippen molar-refractivity contribution >= 4 is 11.8 Å². The van der Waals surface area contributed by atoms with Crippen LogP contribution in [0.4, 0.5) is 13.2 Å². The van der Waals surface area contributed by atoms with Crippen LogP contribution in [0.2, 0.25) is 0 Å². The molecule has 2 aromatic carbocycles. The molecule has 0 radical (unpaired) electrons. The lowest BCUT2D eigenvalue weighted by Crippen LogP contribution is -2.47. The minimum Gasteiger partial charge on any atom is -0.483 e. The Morgan fingerprint density at radius 1 is 1.06 bits per heavy atom. The van der Waals surface area contributed by atoms with Gasteiger partial charge in [0.1, 0.15) is 5.75 Å². The first-order valence-corrected chi connectivity index (χ1v) is 10.2. The van der Waals surface area contributed by atoms with Gasteiger partial charge in [-0.1, -0.05) is 25.1 Å². The second-order valence-corrected chi connectivity index (χ2v) is 7.45. The molecule has 1 aliphatic rings. The number of aryl methyl sites for hydroxylation is 1. The molecular weight excluding hydrogens is 409 g/mol. The van der Waals surface area contributed by atoms with E-state index in [-0.39, 0.29) is 24.1 Å². The van der Waals surface area contributed by atoms with Crippen molar-refractivity contribution in [2.75, 3.05) is 19.7 Å². The third-order valence-electron chi connectivity index (χ3n) is 5.36. The molecule has 0 bridgehead atoms. The second kappa shape index (κ2) is 9.85. The highest BCUT2D eigenvalue weighted by Gasteiger charge is 2.30. The normalized spacial score (nSPS) is 14.9. The fraction of sp³-hybridized carbons (Fsp3) is 0.391. The number of amides is 2. The van der Waals surface area contributed by atoms with Crippen LogP contribution in [-0.4, -0.2) is 42.5 Å². The SMILES string of the molecule is CCc1ccccc1OCC(=O)N1CCC(NC(=O)c2ccc(C(F)(F)F)cc2)CC1. The Labute approximate surface area is 179 Å². The first-order valence-electron chi connectivity index (χ1n) is 10.2. The van der Waals surface area contributed by atoms with E-state index < -0.39 is 17.6 Å². The molecule has 0 spiro atoms. The van der Waals surface area contributed by atoms with E-state index in [1.165, 1.54) is 12.1 Å². The molecule has 3 rings (SSSR count). The number of alkyl halides is 3. The number of nitrogens with zero attached hydrogens (tertiary/aromatic N) is 1. The molecule has 0 aliphatic carbocycles. The van der Waals surface area contributed by atoms with Gasteiger partial charge in [-0.25, -0.2) is 0 Å². The predicted octanol–water partition coefficient (Wildman–Crippen LogP) is 4.07. The Bertz CT molecular complexity index is 905. The molecule has 1 aliphatic heterocycles. The van der Waals surface area contributed by atoms with E-state index in [4.69, 9.17) is 4.74 Å². The van der Waals surface area contributed by atoms with Crippen LogP contribution < -0.4 is 10.1 Å². The number of nitrogens with one attached hydrogen (secondary N) is 1. The summed E-state index contributed by atoms with van der Waals surface area (Å²) in [5.41, 5.74) is 0.425. The van der Waals surface area contributed by atoms with Gasteiger partial charge >= 0.3 is 6.18 Å². The molecule has 0 atom stereocenters. The van der Waals surface area contributed by atoms with Crippen molar-refractivity contribution in [2.24, 2.45) is 0 Å². The lowest BCUT2D eigenvalue weighted by atomic mass is 10.0. The summed E-state index contributed by atoms with van der Waals surface area (Å²) >= 11 is 0. The van der Waals surface area contributed by atoms with Crippen LogP contribution in [0.3, 0.4) is 0 Å². The van der Waals surface area contributed by atoms with Crippen molar-refractivity contribution in [1.82, 2.24) is 10.2 Å². The molecule has 0 saturated carbocycles. The van der Waals surface area contributed by atoms with E-state index in [0.29, 0.717) is 31.7 Å². The number of hydrogen-bond acceptors (Lipinski definition) is 3. The Kier molecular flexibility index (Phi) is 7.20. The van der Waals surface area contributed by atoms with Crippen LogP contribution in [0.25, 0.3) is 0 Å². The van der Waals surface area contributed by atoms with Crippen LogP contribution >= 0.6 is 0 Å². The molecule has 1 saturated heterocycles. The van der Waals surface area contributed by atoms with Crippen molar-refractivity contribution in [3.63, 3.8) is 0 Å². The lowest BCUT2D eigenvalue weighted by molar-refractivity contribution is -0.137. The first-order chi connectivity index (χ1) is 14.8. The number of benzene rings is 2. The highest BCUT2D eigenvalue weighted by molar-refractivity contribution is 5.94. The fourth-order valence-electron chi connectivity index (χ4n) is 3.52. The number of carbonyl (C=O) groups excluding carboxylic acids is 2. The summed E-state index contributed by atoms with van der Waals surface area (Å²) in [5.74, 6) is 0.175. The third kappa shape index (κ3) is 5.99. The number of rotatable bonds is 6. The van der Waals surface area contributed by atoms with Gasteiger partial charge in [0, 0.05) is 24.7 Å². The molecule has 1 N–H and O–H groups in total. The number of para-hydroxylation sites is 1. The van der Waals surface area contributed by atoms with Gasteiger partial charge in [-0.15, -0.1) is 0 Å². The summed E-state index contributed by atoms with van der Waals surface area (Å²) in [5, 5.41) is 2.84. The van der Waals surface area contributed by atoms with Gasteiger partial charge in [-0.3, -0.25) is 9.59 Å². The van der Waals surface area contributed by atoms with Gasteiger partial charge in [0.15, 0.2) is 6.61 Å². The second-order valence-electron chi connectivity index (χ2n) is 7.45. The standard InChI is InChI=1S/C23H25F3N2O3/c1-2-16-5-3-4-6-20(16)31-15-21(29)28-13-11-19(12-14-28)27-22(30)17-7-9-18(10-8-17)23(24,25)26/h3-10,19H,2,11-15H2,1H3,(H,27,30). The van der Waals surface area contributed by atoms with Gasteiger partial charge in [0.2, 0.25) is 0 Å². The Morgan fingerprint density at radius 2 is 1.71 bits per heavy atom. The van der Waals surface area contributed by atoms with Crippen molar-refractivity contribution in [3.05, 3.63) is 65.2 Å². The molecule has 0 aromatic heterocycles. The predicted molar refractivity (Wildman–Crippen MR) is 110 cm³/mol. The van der Waals surface area contributed by atoms with Gasteiger partial charge < -0.3 is 15.0 Å². The third-order valence-corrected chi connectivity index (χ3v) is 5.36. The number of piperidine rings is 1. The highest BCUT2D eigenvalue weighted by atomic mass is 19.4. The molecule has 2 amide bonds. The van der Waals surface area contributed by atoms with E-state index in [1.54, 1.807) is 4.90 Å². The van der Waals surface area contributed by atoms with Crippen LogP contribution in [0, 0.1) is 0 Å². The maximum absolute atomic E-state index is 12.6. The molecule has 8 heteroatoms. The van der Waals surface area contributed by atoms with E-state index in [2.05, 4.69) is 5.32 Å². The summed E-state index contributed by atoms with van der Waals surface area (Å²) in [6, 6.07) is 11.6. The van der Waals surface area contributed by atoms with E-state index in [9.17, 15) is 22.8 Å². The summed E-state index contributed by atoms with van der Waals surface area (Å²) in [4.78, 5) is 26.5. The Morgan fingerprint density at radius 3 is 2.32 bits per heavy atom.